The van der Waals surface area contributed by atoms with E-state index in [4.69, 9.17) is 4.74 Å². The Morgan fingerprint density at radius 1 is 1.56 bits per heavy atom. The van der Waals surface area contributed by atoms with Gasteiger partial charge in [-0.1, -0.05) is 13.3 Å². The normalized spacial score (nSPS) is 38.2. The summed E-state index contributed by atoms with van der Waals surface area (Å²) in [6, 6.07) is 1.15. The first-order valence-corrected chi connectivity index (χ1v) is 6.67. The van der Waals surface area contributed by atoms with E-state index in [-0.39, 0.29) is 5.92 Å². The lowest BCUT2D eigenvalue weighted by molar-refractivity contribution is -0.176. The fourth-order valence-corrected chi connectivity index (χ4v) is 2.98. The Morgan fingerprint density at radius 2 is 2.22 bits per heavy atom. The van der Waals surface area contributed by atoms with Gasteiger partial charge in [-0.3, -0.25) is 9.69 Å². The molecular formula is C13H20N2O3. The van der Waals surface area contributed by atoms with E-state index in [0.717, 1.165) is 38.8 Å². The SMILES string of the molecule is CCCCOC(=O)[C@H]1N2CCC(CC2)[C@@]1(O)C#N. The van der Waals surface area contributed by atoms with Crippen molar-refractivity contribution in [2.75, 3.05) is 19.7 Å². The van der Waals surface area contributed by atoms with Crippen LogP contribution in [0.3, 0.4) is 0 Å². The summed E-state index contributed by atoms with van der Waals surface area (Å²) >= 11 is 0. The number of piperidine rings is 3. The summed E-state index contributed by atoms with van der Waals surface area (Å²) in [6.45, 7) is 3.92. The topological polar surface area (TPSA) is 73.6 Å². The van der Waals surface area contributed by atoms with Crippen LogP contribution >= 0.6 is 0 Å². The van der Waals surface area contributed by atoms with E-state index in [1.807, 2.05) is 17.9 Å². The molecule has 5 heteroatoms. The van der Waals surface area contributed by atoms with Gasteiger partial charge in [0.25, 0.3) is 0 Å². The zero-order valence-electron chi connectivity index (χ0n) is 10.8. The Bertz CT molecular complexity index is 358. The van der Waals surface area contributed by atoms with E-state index in [0.29, 0.717) is 6.61 Å². The Balaban J connectivity index is 2.09. The van der Waals surface area contributed by atoms with Crippen molar-refractivity contribution in [1.82, 2.24) is 4.90 Å². The van der Waals surface area contributed by atoms with Crippen molar-refractivity contribution in [3.05, 3.63) is 0 Å². The van der Waals surface area contributed by atoms with Crippen molar-refractivity contribution >= 4 is 5.97 Å². The van der Waals surface area contributed by atoms with Gasteiger partial charge in [0.1, 0.15) is 6.07 Å². The number of carbonyl (C=O) groups is 1. The third kappa shape index (κ3) is 2.11. The number of unbranched alkanes of at least 4 members (excludes halogenated alkanes) is 1. The lowest BCUT2D eigenvalue weighted by atomic mass is 9.71. The van der Waals surface area contributed by atoms with Crippen molar-refractivity contribution in [2.24, 2.45) is 5.92 Å². The number of ether oxygens (including phenoxy) is 1. The molecule has 0 unspecified atom stereocenters. The first-order chi connectivity index (χ1) is 8.63. The largest absolute Gasteiger partial charge is 0.464 e. The fourth-order valence-electron chi connectivity index (χ4n) is 2.98. The Labute approximate surface area is 107 Å². The van der Waals surface area contributed by atoms with Gasteiger partial charge in [-0.25, -0.2) is 0 Å². The minimum atomic E-state index is -1.57. The highest BCUT2D eigenvalue weighted by Gasteiger charge is 2.57. The van der Waals surface area contributed by atoms with Gasteiger partial charge in [-0.05, 0) is 32.4 Å². The van der Waals surface area contributed by atoms with Crippen molar-refractivity contribution < 1.29 is 14.6 Å². The number of carbonyl (C=O) groups excluding carboxylic acids is 1. The summed E-state index contributed by atoms with van der Waals surface area (Å²) < 4.78 is 5.18. The summed E-state index contributed by atoms with van der Waals surface area (Å²) in [6.07, 6.45) is 3.32. The van der Waals surface area contributed by atoms with Crippen LogP contribution in [0, 0.1) is 17.2 Å². The van der Waals surface area contributed by atoms with Crippen LogP contribution in [0.2, 0.25) is 0 Å². The molecule has 3 saturated heterocycles. The van der Waals surface area contributed by atoms with Crippen LogP contribution < -0.4 is 0 Å². The van der Waals surface area contributed by atoms with Gasteiger partial charge in [0, 0.05) is 5.92 Å². The van der Waals surface area contributed by atoms with Crippen LogP contribution in [-0.2, 0) is 9.53 Å². The van der Waals surface area contributed by atoms with E-state index in [1.165, 1.54) is 0 Å². The summed E-state index contributed by atoms with van der Waals surface area (Å²) in [7, 11) is 0. The molecule has 3 rings (SSSR count). The van der Waals surface area contributed by atoms with Gasteiger partial charge in [-0.15, -0.1) is 0 Å². The highest BCUT2D eigenvalue weighted by Crippen LogP contribution is 2.40. The van der Waals surface area contributed by atoms with E-state index >= 15 is 0 Å². The maximum Gasteiger partial charge on any atom is 0.327 e. The molecule has 0 aromatic heterocycles. The number of nitrogens with zero attached hydrogens (tertiary/aromatic N) is 2. The van der Waals surface area contributed by atoms with Crippen molar-refractivity contribution in [3.63, 3.8) is 0 Å². The molecule has 0 aromatic carbocycles. The third-order valence-corrected chi connectivity index (χ3v) is 4.08. The van der Waals surface area contributed by atoms with Gasteiger partial charge >= 0.3 is 5.97 Å². The maximum absolute atomic E-state index is 12.1. The molecule has 2 atom stereocenters. The molecule has 18 heavy (non-hydrogen) atoms. The number of rotatable bonds is 4. The van der Waals surface area contributed by atoms with Crippen LogP contribution in [0.15, 0.2) is 0 Å². The minimum absolute atomic E-state index is 0.101. The van der Waals surface area contributed by atoms with Crippen molar-refractivity contribution in [1.29, 1.82) is 5.26 Å². The number of fused-ring (bicyclic) bond motifs is 3. The molecule has 0 amide bonds. The van der Waals surface area contributed by atoms with E-state index in [9.17, 15) is 15.2 Å². The van der Waals surface area contributed by atoms with Gasteiger partial charge in [0.15, 0.2) is 11.6 Å². The molecule has 2 bridgehead atoms. The molecule has 0 saturated carbocycles. The molecule has 5 nitrogen and oxygen atoms in total. The monoisotopic (exact) mass is 252 g/mol. The third-order valence-electron chi connectivity index (χ3n) is 4.08. The van der Waals surface area contributed by atoms with Gasteiger partial charge in [-0.2, -0.15) is 5.26 Å². The predicted molar refractivity (Wildman–Crippen MR) is 64.5 cm³/mol. The zero-order valence-corrected chi connectivity index (χ0v) is 10.8. The van der Waals surface area contributed by atoms with E-state index < -0.39 is 17.6 Å². The van der Waals surface area contributed by atoms with Crippen LogP contribution in [-0.4, -0.2) is 47.3 Å². The molecule has 3 aliphatic heterocycles. The second-order valence-corrected chi connectivity index (χ2v) is 5.17. The van der Waals surface area contributed by atoms with Crippen LogP contribution in [0.5, 0.6) is 0 Å². The average molecular weight is 252 g/mol. The average Bonchev–Trinajstić information content (AvgIpc) is 2.40. The van der Waals surface area contributed by atoms with Crippen LogP contribution in [0.1, 0.15) is 32.6 Å². The van der Waals surface area contributed by atoms with Crippen molar-refractivity contribution in [3.8, 4) is 6.07 Å². The Morgan fingerprint density at radius 3 is 2.78 bits per heavy atom. The fraction of sp³-hybridized carbons (Fsp3) is 0.846. The predicted octanol–water partition coefficient (Wildman–Crippen LogP) is 0.679. The highest BCUT2D eigenvalue weighted by atomic mass is 16.5. The summed E-state index contributed by atoms with van der Waals surface area (Å²) in [4.78, 5) is 13.9. The number of nitriles is 1. The second kappa shape index (κ2) is 5.25. The minimum Gasteiger partial charge on any atom is -0.464 e. The lowest BCUT2D eigenvalue weighted by Crippen LogP contribution is -2.68. The number of hydrogen-bond donors (Lipinski definition) is 1. The maximum atomic E-state index is 12.1. The molecule has 100 valence electrons. The molecule has 3 aliphatic rings. The van der Waals surface area contributed by atoms with E-state index in [1.54, 1.807) is 0 Å². The molecule has 0 aromatic rings. The molecular weight excluding hydrogens is 232 g/mol. The standard InChI is InChI=1S/C13H20N2O3/c1-2-3-8-18-12(16)11-13(17,9-14)10-4-6-15(11)7-5-10/h10-11,17H,2-8H2,1H3/t11-,13+/m1/s1. The van der Waals surface area contributed by atoms with E-state index in [2.05, 4.69) is 0 Å². The van der Waals surface area contributed by atoms with Gasteiger partial charge < -0.3 is 9.84 Å². The molecule has 1 N–H and O–H groups in total. The molecule has 0 aliphatic carbocycles. The highest BCUT2D eigenvalue weighted by molar-refractivity contribution is 5.78. The van der Waals surface area contributed by atoms with Gasteiger partial charge in [0.2, 0.25) is 0 Å². The number of hydrogen-bond acceptors (Lipinski definition) is 5. The summed E-state index contributed by atoms with van der Waals surface area (Å²) in [5.41, 5.74) is -1.57. The summed E-state index contributed by atoms with van der Waals surface area (Å²) in [5.74, 6) is -0.548. The molecule has 0 spiro atoms. The zero-order chi connectivity index (χ0) is 13.2. The molecule has 0 radical (unpaired) electrons. The Kier molecular flexibility index (Phi) is 3.88. The Hall–Kier alpha value is -1.12. The quantitative estimate of drug-likeness (QED) is 0.452. The smallest absolute Gasteiger partial charge is 0.327 e. The van der Waals surface area contributed by atoms with Gasteiger partial charge in [0.05, 0.1) is 6.61 Å². The number of esters is 1. The number of aliphatic hydroxyl groups is 1. The summed E-state index contributed by atoms with van der Waals surface area (Å²) in [5, 5.41) is 19.7. The lowest BCUT2D eigenvalue weighted by Gasteiger charge is -2.51. The van der Waals surface area contributed by atoms with Crippen molar-refractivity contribution in [2.45, 2.75) is 44.2 Å². The van der Waals surface area contributed by atoms with Crippen LogP contribution in [0.4, 0.5) is 0 Å². The van der Waals surface area contributed by atoms with Crippen LogP contribution in [0.25, 0.3) is 0 Å². The molecule has 3 heterocycles. The molecule has 3 fully saturated rings. The first-order valence-electron chi connectivity index (χ1n) is 6.67. The second-order valence-electron chi connectivity index (χ2n) is 5.17. The first kappa shape index (κ1) is 13.3.